The summed E-state index contributed by atoms with van der Waals surface area (Å²) in [4.78, 5) is 25.9. The Morgan fingerprint density at radius 3 is 2.54 bits per heavy atom. The van der Waals surface area contributed by atoms with E-state index in [0.717, 1.165) is 67.9 Å². The van der Waals surface area contributed by atoms with E-state index in [1.165, 1.54) is 11.3 Å². The Morgan fingerprint density at radius 2 is 1.88 bits per heavy atom. The molecule has 4 rings (SSSR count). The molecule has 4 heterocycles. The van der Waals surface area contributed by atoms with Crippen LogP contribution in [0.4, 0.5) is 0 Å². The van der Waals surface area contributed by atoms with Crippen molar-refractivity contribution >= 4 is 28.6 Å². The number of carbonyl (C=O) groups excluding carboxylic acids is 1. The van der Waals surface area contributed by atoms with Gasteiger partial charge in [-0.2, -0.15) is 0 Å². The van der Waals surface area contributed by atoms with E-state index in [0.29, 0.717) is 5.69 Å². The van der Waals surface area contributed by atoms with E-state index in [-0.39, 0.29) is 11.5 Å². The fraction of sp³-hybridized carbons (Fsp3) is 0.611. The molecule has 6 nitrogen and oxygen atoms in total. The summed E-state index contributed by atoms with van der Waals surface area (Å²) in [5.74, 6) is 0.0508. The number of aryl methyl sites for hydroxylation is 2. The average Bonchev–Trinajstić information content (AvgIpc) is 3.23. The molecule has 0 radical (unpaired) electrons. The fourth-order valence-corrected chi connectivity index (χ4v) is 5.00. The highest BCUT2D eigenvalue weighted by Crippen LogP contribution is 2.31. The first-order chi connectivity index (χ1) is 12.5. The van der Waals surface area contributed by atoms with E-state index in [1.807, 2.05) is 24.1 Å². The van der Waals surface area contributed by atoms with Crippen LogP contribution in [0.15, 0.2) is 10.8 Å². The maximum absolute atomic E-state index is 12.6. The van der Waals surface area contributed by atoms with Crippen LogP contribution < -0.4 is 0 Å². The van der Waals surface area contributed by atoms with E-state index in [1.54, 1.807) is 11.3 Å². The van der Waals surface area contributed by atoms with Gasteiger partial charge in [0.1, 0.15) is 5.69 Å². The van der Waals surface area contributed by atoms with Crippen molar-refractivity contribution in [2.24, 2.45) is 0 Å². The molecule has 0 unspecified atom stereocenters. The number of morpholine rings is 1. The predicted octanol–water partition coefficient (Wildman–Crippen LogP) is 2.72. The van der Waals surface area contributed by atoms with Crippen LogP contribution in [0.2, 0.25) is 0 Å². The third-order valence-electron chi connectivity index (χ3n) is 5.18. The summed E-state index contributed by atoms with van der Waals surface area (Å²) in [6.45, 7) is 8.95. The summed E-state index contributed by atoms with van der Waals surface area (Å²) < 4.78 is 6.21. The zero-order valence-electron chi connectivity index (χ0n) is 15.2. The Labute approximate surface area is 161 Å². The summed E-state index contributed by atoms with van der Waals surface area (Å²) in [5.41, 5.74) is 1.60. The lowest BCUT2D eigenvalue weighted by Crippen LogP contribution is -2.57. The molecule has 2 saturated heterocycles. The molecule has 0 bridgehead atoms. The van der Waals surface area contributed by atoms with Crippen molar-refractivity contribution in [2.45, 2.75) is 38.8 Å². The number of piperidine rings is 1. The lowest BCUT2D eigenvalue weighted by molar-refractivity contribution is -0.134. The Hall–Kier alpha value is -1.35. The topological polar surface area (TPSA) is 58.6 Å². The molecule has 2 aromatic rings. The highest BCUT2D eigenvalue weighted by molar-refractivity contribution is 7.09. The molecule has 8 heteroatoms. The van der Waals surface area contributed by atoms with Crippen molar-refractivity contribution < 1.29 is 9.53 Å². The Bertz CT molecular complexity index is 780. The van der Waals surface area contributed by atoms with Crippen molar-refractivity contribution in [3.8, 4) is 0 Å². The first kappa shape index (κ1) is 18.0. The van der Waals surface area contributed by atoms with Gasteiger partial charge in [-0.05, 0) is 26.7 Å². The molecular weight excluding hydrogens is 368 g/mol. The van der Waals surface area contributed by atoms with Crippen LogP contribution in [0.3, 0.4) is 0 Å². The van der Waals surface area contributed by atoms with Crippen LogP contribution in [-0.2, 0) is 11.3 Å². The van der Waals surface area contributed by atoms with Crippen molar-refractivity contribution in [3.63, 3.8) is 0 Å². The van der Waals surface area contributed by atoms with Crippen molar-refractivity contribution in [3.05, 3.63) is 32.2 Å². The molecule has 140 valence electrons. The van der Waals surface area contributed by atoms with Gasteiger partial charge in [0.15, 0.2) is 0 Å². The summed E-state index contributed by atoms with van der Waals surface area (Å²) in [5, 5.41) is 6.06. The van der Waals surface area contributed by atoms with Crippen molar-refractivity contribution in [1.82, 2.24) is 19.8 Å². The Balaban J connectivity index is 1.35. The summed E-state index contributed by atoms with van der Waals surface area (Å²) in [6.07, 6.45) is 1.77. The first-order valence-corrected chi connectivity index (χ1v) is 10.8. The number of nitrogens with zero attached hydrogens (tertiary/aromatic N) is 4. The number of carbonyl (C=O) groups is 1. The molecule has 2 aromatic heterocycles. The van der Waals surface area contributed by atoms with Crippen LogP contribution >= 0.6 is 22.7 Å². The quantitative estimate of drug-likeness (QED) is 0.804. The van der Waals surface area contributed by atoms with E-state index >= 15 is 0 Å². The van der Waals surface area contributed by atoms with E-state index in [4.69, 9.17) is 4.74 Å². The third kappa shape index (κ3) is 3.83. The van der Waals surface area contributed by atoms with Crippen LogP contribution in [0.25, 0.3) is 0 Å². The Morgan fingerprint density at radius 1 is 1.15 bits per heavy atom. The van der Waals surface area contributed by atoms with Gasteiger partial charge in [-0.15, -0.1) is 22.7 Å². The fourth-order valence-electron chi connectivity index (χ4n) is 3.81. The van der Waals surface area contributed by atoms with Crippen LogP contribution in [0.1, 0.15) is 39.0 Å². The highest BCUT2D eigenvalue weighted by atomic mass is 32.1. The number of aromatic nitrogens is 2. The number of thiazole rings is 2. The second-order valence-electron chi connectivity index (χ2n) is 7.14. The summed E-state index contributed by atoms with van der Waals surface area (Å²) >= 11 is 3.23. The van der Waals surface area contributed by atoms with E-state index in [2.05, 4.69) is 20.2 Å². The monoisotopic (exact) mass is 392 g/mol. The minimum Gasteiger partial charge on any atom is -0.372 e. The average molecular weight is 393 g/mol. The number of likely N-dealkylation sites (tertiary alicyclic amines) is 1. The molecule has 1 amide bonds. The lowest BCUT2D eigenvalue weighted by atomic mass is 9.89. The molecule has 2 fully saturated rings. The maximum atomic E-state index is 12.6. The van der Waals surface area contributed by atoms with E-state index in [9.17, 15) is 4.79 Å². The number of rotatable bonds is 3. The van der Waals surface area contributed by atoms with Gasteiger partial charge in [0.05, 0.1) is 27.9 Å². The highest BCUT2D eigenvalue weighted by Gasteiger charge is 2.41. The standard InChI is InChI=1S/C18H24N4O2S2/c1-13-19-15(10-25-13)9-21-7-8-24-18(12-21)3-5-22(6-4-18)17(23)16-11-26-14(2)20-16/h10-11H,3-9,12H2,1-2H3. The van der Waals surface area contributed by atoms with Gasteiger partial charge in [-0.25, -0.2) is 9.97 Å². The van der Waals surface area contributed by atoms with Crippen LogP contribution in [0, 0.1) is 13.8 Å². The maximum Gasteiger partial charge on any atom is 0.273 e. The molecule has 2 aliphatic heterocycles. The van der Waals surface area contributed by atoms with Gasteiger partial charge in [-0.3, -0.25) is 9.69 Å². The molecule has 1 spiro atoms. The largest absolute Gasteiger partial charge is 0.372 e. The lowest BCUT2D eigenvalue weighted by Gasteiger charge is -2.47. The SMILES string of the molecule is Cc1nc(CN2CCOC3(CCN(C(=O)c4csc(C)n4)CC3)C2)cs1. The molecule has 26 heavy (non-hydrogen) atoms. The zero-order valence-corrected chi connectivity index (χ0v) is 16.9. The number of ether oxygens (including phenoxy) is 1. The molecule has 0 aromatic carbocycles. The van der Waals surface area contributed by atoms with Crippen LogP contribution in [0.5, 0.6) is 0 Å². The second-order valence-corrected chi connectivity index (χ2v) is 9.27. The first-order valence-electron chi connectivity index (χ1n) is 9.02. The summed E-state index contributed by atoms with van der Waals surface area (Å²) in [6, 6.07) is 0. The molecule has 0 N–H and O–H groups in total. The van der Waals surface area contributed by atoms with Crippen LogP contribution in [-0.4, -0.2) is 64.1 Å². The molecule has 0 atom stereocenters. The number of hydrogen-bond donors (Lipinski definition) is 0. The Kier molecular flexibility index (Phi) is 5.09. The molecule has 0 saturated carbocycles. The molecule has 0 aliphatic carbocycles. The predicted molar refractivity (Wildman–Crippen MR) is 103 cm³/mol. The van der Waals surface area contributed by atoms with Gasteiger partial charge >= 0.3 is 0 Å². The molecule has 2 aliphatic rings. The van der Waals surface area contributed by atoms with Crippen molar-refractivity contribution in [1.29, 1.82) is 0 Å². The minimum atomic E-state index is -0.127. The van der Waals surface area contributed by atoms with Gasteiger partial charge in [0.25, 0.3) is 5.91 Å². The van der Waals surface area contributed by atoms with E-state index < -0.39 is 0 Å². The summed E-state index contributed by atoms with van der Waals surface area (Å²) in [7, 11) is 0. The van der Waals surface area contributed by atoms with Gasteiger partial charge < -0.3 is 9.64 Å². The second kappa shape index (κ2) is 7.34. The number of amides is 1. The third-order valence-corrected chi connectivity index (χ3v) is 6.78. The van der Waals surface area contributed by atoms with Crippen molar-refractivity contribution in [2.75, 3.05) is 32.8 Å². The van der Waals surface area contributed by atoms with Gasteiger partial charge in [0, 0.05) is 43.5 Å². The smallest absolute Gasteiger partial charge is 0.273 e. The molecular formula is C18H24N4O2S2. The minimum absolute atomic E-state index is 0.0508. The van der Waals surface area contributed by atoms with Gasteiger partial charge in [-0.1, -0.05) is 0 Å². The normalized spacial score (nSPS) is 20.6. The van der Waals surface area contributed by atoms with Gasteiger partial charge in [0.2, 0.25) is 0 Å². The zero-order chi connectivity index (χ0) is 18.1. The number of hydrogen-bond acceptors (Lipinski definition) is 7.